The highest BCUT2D eigenvalue weighted by Gasteiger charge is 2.28. The summed E-state index contributed by atoms with van der Waals surface area (Å²) in [5.74, 6) is 0. The maximum absolute atomic E-state index is 12.1. The monoisotopic (exact) mass is 266 g/mol. The fraction of sp³-hybridized carbons (Fsp3) is 0.692. The van der Waals surface area contributed by atoms with Crippen molar-refractivity contribution in [3.05, 3.63) is 18.0 Å². The summed E-state index contributed by atoms with van der Waals surface area (Å²) >= 11 is 0. The lowest BCUT2D eigenvalue weighted by atomic mass is 10.1. The molecular weight excluding hydrogens is 244 g/mol. The van der Waals surface area contributed by atoms with Crippen LogP contribution >= 0.6 is 0 Å². The molecule has 1 aromatic rings. The van der Waals surface area contributed by atoms with Gasteiger partial charge in [-0.25, -0.2) is 4.79 Å². The van der Waals surface area contributed by atoms with Gasteiger partial charge in [0.25, 0.3) is 0 Å². The van der Waals surface area contributed by atoms with Gasteiger partial charge in [-0.2, -0.15) is 5.10 Å². The number of ether oxygens (including phenoxy) is 1. The number of hydrogen-bond donors (Lipinski definition) is 1. The summed E-state index contributed by atoms with van der Waals surface area (Å²) < 4.78 is 7.17. The highest BCUT2D eigenvalue weighted by atomic mass is 16.6. The normalized spacial score (nSPS) is 20.4. The summed E-state index contributed by atoms with van der Waals surface area (Å²) in [5, 5.41) is 7.56. The van der Waals surface area contributed by atoms with Crippen LogP contribution < -0.4 is 5.32 Å². The summed E-state index contributed by atoms with van der Waals surface area (Å²) in [4.78, 5) is 13.8. The van der Waals surface area contributed by atoms with Crippen molar-refractivity contribution in [2.45, 2.75) is 32.4 Å². The van der Waals surface area contributed by atoms with Crippen molar-refractivity contribution in [1.82, 2.24) is 20.0 Å². The van der Waals surface area contributed by atoms with Gasteiger partial charge in [0.05, 0.1) is 12.2 Å². The minimum absolute atomic E-state index is 0.120. The molecule has 1 aliphatic heterocycles. The van der Waals surface area contributed by atoms with E-state index in [1.807, 2.05) is 40.2 Å². The van der Waals surface area contributed by atoms with Crippen LogP contribution in [0.3, 0.4) is 0 Å². The van der Waals surface area contributed by atoms with Crippen molar-refractivity contribution in [2.24, 2.45) is 7.05 Å². The number of nitrogens with one attached hydrogen (secondary N) is 1. The lowest BCUT2D eigenvalue weighted by Crippen LogP contribution is -2.49. The van der Waals surface area contributed by atoms with Gasteiger partial charge < -0.3 is 15.0 Å². The third-order valence-electron chi connectivity index (χ3n) is 2.95. The molecule has 6 heteroatoms. The summed E-state index contributed by atoms with van der Waals surface area (Å²) in [5.41, 5.74) is 0.641. The molecule has 1 fully saturated rings. The van der Waals surface area contributed by atoms with Gasteiger partial charge >= 0.3 is 6.09 Å². The molecule has 0 saturated carbocycles. The molecule has 1 N–H and O–H groups in total. The van der Waals surface area contributed by atoms with E-state index in [9.17, 15) is 4.79 Å². The summed E-state index contributed by atoms with van der Waals surface area (Å²) in [6, 6.07) is 0.120. The van der Waals surface area contributed by atoms with Crippen molar-refractivity contribution in [1.29, 1.82) is 0 Å². The number of aryl methyl sites for hydroxylation is 1. The number of amides is 1. The van der Waals surface area contributed by atoms with E-state index >= 15 is 0 Å². The highest BCUT2D eigenvalue weighted by Crippen LogP contribution is 2.18. The Morgan fingerprint density at radius 3 is 2.84 bits per heavy atom. The Labute approximate surface area is 113 Å². The first kappa shape index (κ1) is 13.9. The summed E-state index contributed by atoms with van der Waals surface area (Å²) in [6.45, 7) is 7.69. The van der Waals surface area contributed by atoms with Gasteiger partial charge in [-0.3, -0.25) is 4.68 Å². The van der Waals surface area contributed by atoms with Gasteiger partial charge in [-0.1, -0.05) is 0 Å². The molecule has 1 amide bonds. The highest BCUT2D eigenvalue weighted by molar-refractivity contribution is 5.68. The molecule has 106 valence electrons. The molecule has 2 heterocycles. The van der Waals surface area contributed by atoms with Gasteiger partial charge in [0, 0.05) is 38.4 Å². The third-order valence-corrected chi connectivity index (χ3v) is 2.95. The predicted molar refractivity (Wildman–Crippen MR) is 71.8 cm³/mol. The largest absolute Gasteiger partial charge is 0.444 e. The topological polar surface area (TPSA) is 59.4 Å². The molecule has 0 aromatic carbocycles. The van der Waals surface area contributed by atoms with E-state index in [1.165, 1.54) is 0 Å². The minimum Gasteiger partial charge on any atom is -0.444 e. The molecule has 1 atom stereocenters. The van der Waals surface area contributed by atoms with Crippen LogP contribution in [-0.2, 0) is 11.8 Å². The van der Waals surface area contributed by atoms with E-state index in [4.69, 9.17) is 4.74 Å². The minimum atomic E-state index is -0.453. The molecule has 6 nitrogen and oxygen atoms in total. The molecule has 0 spiro atoms. The fourth-order valence-corrected chi connectivity index (χ4v) is 2.09. The van der Waals surface area contributed by atoms with E-state index in [1.54, 1.807) is 9.58 Å². The SMILES string of the molecule is Cn1cc([C@@H]2CN(C(=O)OC(C)(C)C)CCN2)cn1. The van der Waals surface area contributed by atoms with E-state index in [2.05, 4.69) is 10.4 Å². The average molecular weight is 266 g/mol. The zero-order valence-corrected chi connectivity index (χ0v) is 12.0. The first-order valence-electron chi connectivity index (χ1n) is 6.55. The molecule has 19 heavy (non-hydrogen) atoms. The first-order chi connectivity index (χ1) is 8.85. The van der Waals surface area contributed by atoms with E-state index in [0.717, 1.165) is 12.1 Å². The molecule has 0 bridgehead atoms. The van der Waals surface area contributed by atoms with Gasteiger partial charge in [-0.05, 0) is 20.8 Å². The second kappa shape index (κ2) is 5.21. The third kappa shape index (κ3) is 3.70. The number of carbonyl (C=O) groups excluding carboxylic acids is 1. The Balaban J connectivity index is 1.99. The Morgan fingerprint density at radius 2 is 2.26 bits per heavy atom. The Kier molecular flexibility index (Phi) is 3.80. The Hall–Kier alpha value is -1.56. The first-order valence-corrected chi connectivity index (χ1v) is 6.55. The molecule has 1 aromatic heterocycles. The van der Waals surface area contributed by atoms with Crippen molar-refractivity contribution in [2.75, 3.05) is 19.6 Å². The van der Waals surface area contributed by atoms with Crippen LogP contribution in [-0.4, -0.2) is 46.0 Å². The quantitative estimate of drug-likeness (QED) is 0.832. The number of nitrogens with zero attached hydrogens (tertiary/aromatic N) is 3. The standard InChI is InChI=1S/C13H22N4O2/c1-13(2,3)19-12(18)17-6-5-14-11(9-17)10-7-15-16(4)8-10/h7-8,11,14H,5-6,9H2,1-4H3/t11-/m0/s1. The predicted octanol–water partition coefficient (Wildman–Crippen LogP) is 1.30. The second-order valence-electron chi connectivity index (χ2n) is 5.88. The van der Waals surface area contributed by atoms with Crippen LogP contribution in [0.4, 0.5) is 4.79 Å². The molecule has 0 radical (unpaired) electrons. The van der Waals surface area contributed by atoms with Crippen LogP contribution in [0.15, 0.2) is 12.4 Å². The number of aromatic nitrogens is 2. The van der Waals surface area contributed by atoms with Gasteiger partial charge in [-0.15, -0.1) is 0 Å². The van der Waals surface area contributed by atoms with Crippen LogP contribution in [0.5, 0.6) is 0 Å². The summed E-state index contributed by atoms with van der Waals surface area (Å²) in [6.07, 6.45) is 3.55. The van der Waals surface area contributed by atoms with Crippen molar-refractivity contribution in [3.8, 4) is 0 Å². The lowest BCUT2D eigenvalue weighted by molar-refractivity contribution is 0.0195. The molecular formula is C13H22N4O2. The zero-order valence-electron chi connectivity index (χ0n) is 12.0. The second-order valence-corrected chi connectivity index (χ2v) is 5.88. The van der Waals surface area contributed by atoms with Crippen LogP contribution in [0.1, 0.15) is 32.4 Å². The van der Waals surface area contributed by atoms with Crippen molar-refractivity contribution < 1.29 is 9.53 Å². The smallest absolute Gasteiger partial charge is 0.410 e. The van der Waals surface area contributed by atoms with E-state index in [-0.39, 0.29) is 12.1 Å². The maximum atomic E-state index is 12.1. The van der Waals surface area contributed by atoms with Gasteiger partial charge in [0.2, 0.25) is 0 Å². The number of piperazine rings is 1. The Morgan fingerprint density at radius 1 is 1.53 bits per heavy atom. The van der Waals surface area contributed by atoms with Gasteiger partial charge in [0.15, 0.2) is 0 Å². The zero-order chi connectivity index (χ0) is 14.0. The van der Waals surface area contributed by atoms with Crippen LogP contribution in [0.2, 0.25) is 0 Å². The molecule has 2 rings (SSSR count). The molecule has 1 saturated heterocycles. The lowest BCUT2D eigenvalue weighted by Gasteiger charge is -2.34. The van der Waals surface area contributed by atoms with Crippen molar-refractivity contribution >= 4 is 6.09 Å². The molecule has 0 aliphatic carbocycles. The van der Waals surface area contributed by atoms with Crippen LogP contribution in [0, 0.1) is 0 Å². The van der Waals surface area contributed by atoms with Crippen LogP contribution in [0.25, 0.3) is 0 Å². The fourth-order valence-electron chi connectivity index (χ4n) is 2.09. The number of carbonyl (C=O) groups is 1. The number of rotatable bonds is 1. The number of hydrogen-bond acceptors (Lipinski definition) is 4. The van der Waals surface area contributed by atoms with Crippen molar-refractivity contribution in [3.63, 3.8) is 0 Å². The van der Waals surface area contributed by atoms with E-state index < -0.39 is 5.60 Å². The van der Waals surface area contributed by atoms with E-state index in [0.29, 0.717) is 13.1 Å². The molecule has 0 unspecified atom stereocenters. The maximum Gasteiger partial charge on any atom is 0.410 e. The average Bonchev–Trinajstić information content (AvgIpc) is 2.74. The summed E-state index contributed by atoms with van der Waals surface area (Å²) in [7, 11) is 1.89. The Bertz CT molecular complexity index is 450. The molecule has 1 aliphatic rings. The van der Waals surface area contributed by atoms with Gasteiger partial charge in [0.1, 0.15) is 5.60 Å².